The van der Waals surface area contributed by atoms with Gasteiger partial charge >= 0.3 is 12.1 Å². The van der Waals surface area contributed by atoms with Gasteiger partial charge < -0.3 is 10.8 Å². The third-order valence-corrected chi connectivity index (χ3v) is 2.16. The van der Waals surface area contributed by atoms with Crippen LogP contribution < -0.4 is 5.73 Å². The topological polar surface area (TPSA) is 63.3 Å². The second-order valence-corrected chi connectivity index (χ2v) is 3.29. The van der Waals surface area contributed by atoms with E-state index >= 15 is 0 Å². The molecule has 1 unspecified atom stereocenters. The Morgan fingerprint density at radius 1 is 1.24 bits per heavy atom. The smallest absolute Gasteiger partial charge is 0.397 e. The van der Waals surface area contributed by atoms with Crippen LogP contribution in [0, 0.1) is 0 Å². The van der Waals surface area contributed by atoms with Crippen LogP contribution in [0.15, 0.2) is 30.3 Å². The minimum absolute atomic E-state index is 0. The molecule has 0 fully saturated rings. The van der Waals surface area contributed by atoms with Gasteiger partial charge in [-0.3, -0.25) is 4.79 Å². The molecule has 2 atom stereocenters. The Hall–Kier alpha value is -1.27. The van der Waals surface area contributed by atoms with Crippen molar-refractivity contribution in [3.63, 3.8) is 0 Å². The van der Waals surface area contributed by atoms with Crippen LogP contribution >= 0.6 is 12.4 Å². The van der Waals surface area contributed by atoms with Crippen molar-refractivity contribution in [2.24, 2.45) is 5.73 Å². The molecule has 0 saturated heterocycles. The maximum absolute atomic E-state index is 12.7. The quantitative estimate of drug-likeness (QED) is 0.884. The van der Waals surface area contributed by atoms with Crippen molar-refractivity contribution in [2.45, 2.75) is 18.1 Å². The molecule has 1 aromatic rings. The fourth-order valence-electron chi connectivity index (χ4n) is 1.40. The van der Waals surface area contributed by atoms with Gasteiger partial charge in [-0.1, -0.05) is 30.3 Å². The maximum Gasteiger partial charge on any atom is 0.397 e. The molecule has 0 spiro atoms. The zero-order valence-electron chi connectivity index (χ0n) is 8.52. The summed E-state index contributed by atoms with van der Waals surface area (Å²) in [6.07, 6.45) is -4.68. The Kier molecular flexibility index (Phi) is 5.44. The van der Waals surface area contributed by atoms with E-state index in [2.05, 4.69) is 0 Å². The average Bonchev–Trinajstić information content (AvgIpc) is 2.17. The van der Waals surface area contributed by atoms with Crippen LogP contribution in [0.5, 0.6) is 0 Å². The molecule has 17 heavy (non-hydrogen) atoms. The van der Waals surface area contributed by atoms with Crippen molar-refractivity contribution < 1.29 is 23.1 Å². The molecular formula is C10H11ClF3NO2. The molecule has 3 N–H and O–H groups in total. The number of carbonyl (C=O) groups is 1. The first-order chi connectivity index (χ1) is 7.34. The van der Waals surface area contributed by atoms with Crippen LogP contribution in [0.4, 0.5) is 13.2 Å². The van der Waals surface area contributed by atoms with Gasteiger partial charge in [0.15, 0.2) is 0 Å². The van der Waals surface area contributed by atoms with E-state index in [0.717, 1.165) is 0 Å². The Labute approximate surface area is 102 Å². The minimum atomic E-state index is -4.68. The van der Waals surface area contributed by atoms with Crippen molar-refractivity contribution in [3.8, 4) is 0 Å². The first-order valence-electron chi connectivity index (χ1n) is 4.44. The van der Waals surface area contributed by atoms with E-state index in [0.29, 0.717) is 0 Å². The summed E-state index contributed by atoms with van der Waals surface area (Å²) in [6.45, 7) is 0. The van der Waals surface area contributed by atoms with Gasteiger partial charge in [-0.05, 0) is 5.56 Å². The molecule has 0 saturated carbocycles. The van der Waals surface area contributed by atoms with Crippen LogP contribution in [-0.4, -0.2) is 23.3 Å². The standard InChI is InChI=1S/C10H10F3NO2.ClH/c11-10(12,13)7(8(14)9(15)16)6-4-2-1-3-5-6;/h1-5,7-8H,14H2,(H,15,16);1H/t7?,8-;/m0./s1. The van der Waals surface area contributed by atoms with E-state index < -0.39 is 24.1 Å². The first kappa shape index (κ1) is 15.7. The molecule has 0 aliphatic heterocycles. The summed E-state index contributed by atoms with van der Waals surface area (Å²) in [7, 11) is 0. The summed E-state index contributed by atoms with van der Waals surface area (Å²) < 4.78 is 38.0. The number of hydrogen-bond acceptors (Lipinski definition) is 2. The molecule has 1 rings (SSSR count). The van der Waals surface area contributed by atoms with E-state index in [1.807, 2.05) is 0 Å². The van der Waals surface area contributed by atoms with E-state index in [4.69, 9.17) is 10.8 Å². The zero-order chi connectivity index (χ0) is 12.3. The van der Waals surface area contributed by atoms with Crippen molar-refractivity contribution in [2.75, 3.05) is 0 Å². The molecule has 96 valence electrons. The van der Waals surface area contributed by atoms with Crippen LogP contribution in [0.1, 0.15) is 11.5 Å². The number of halogens is 4. The Morgan fingerprint density at radius 3 is 2.06 bits per heavy atom. The van der Waals surface area contributed by atoms with Crippen LogP contribution in [0.25, 0.3) is 0 Å². The Morgan fingerprint density at radius 2 is 1.71 bits per heavy atom. The predicted molar refractivity (Wildman–Crippen MR) is 58.1 cm³/mol. The van der Waals surface area contributed by atoms with Gasteiger partial charge in [0.05, 0.1) is 0 Å². The van der Waals surface area contributed by atoms with Gasteiger partial charge in [0, 0.05) is 0 Å². The molecule has 3 nitrogen and oxygen atoms in total. The van der Waals surface area contributed by atoms with E-state index in [9.17, 15) is 18.0 Å². The molecule has 0 bridgehead atoms. The fourth-order valence-corrected chi connectivity index (χ4v) is 1.40. The molecular weight excluding hydrogens is 259 g/mol. The lowest BCUT2D eigenvalue weighted by atomic mass is 9.91. The summed E-state index contributed by atoms with van der Waals surface area (Å²) in [5.41, 5.74) is 4.91. The van der Waals surface area contributed by atoms with Crippen molar-refractivity contribution in [1.82, 2.24) is 0 Å². The van der Waals surface area contributed by atoms with Gasteiger partial charge in [0.1, 0.15) is 12.0 Å². The second kappa shape index (κ2) is 5.88. The summed E-state index contributed by atoms with van der Waals surface area (Å²) in [4.78, 5) is 10.5. The van der Waals surface area contributed by atoms with Gasteiger partial charge in [-0.2, -0.15) is 13.2 Å². The van der Waals surface area contributed by atoms with Gasteiger partial charge in [0.25, 0.3) is 0 Å². The number of aliphatic carboxylic acids is 1. The fraction of sp³-hybridized carbons (Fsp3) is 0.300. The molecule has 7 heteroatoms. The number of hydrogen-bond donors (Lipinski definition) is 2. The number of alkyl halides is 3. The highest BCUT2D eigenvalue weighted by molar-refractivity contribution is 5.85. The molecule has 1 aromatic carbocycles. The van der Waals surface area contributed by atoms with E-state index in [1.165, 1.54) is 24.3 Å². The molecule has 0 heterocycles. The van der Waals surface area contributed by atoms with Gasteiger partial charge in [-0.15, -0.1) is 12.4 Å². The highest BCUT2D eigenvalue weighted by Crippen LogP contribution is 2.36. The van der Waals surface area contributed by atoms with Crippen LogP contribution in [0.2, 0.25) is 0 Å². The number of carboxylic acids is 1. The summed E-state index contributed by atoms with van der Waals surface area (Å²) in [5, 5.41) is 8.55. The number of nitrogens with two attached hydrogens (primary N) is 1. The third-order valence-electron chi connectivity index (χ3n) is 2.16. The molecule has 0 aliphatic rings. The number of rotatable bonds is 3. The first-order valence-corrected chi connectivity index (χ1v) is 4.44. The monoisotopic (exact) mass is 269 g/mol. The molecule has 0 aliphatic carbocycles. The average molecular weight is 270 g/mol. The number of carboxylic acid groups (broad SMARTS) is 1. The lowest BCUT2D eigenvalue weighted by molar-refractivity contribution is -0.167. The lowest BCUT2D eigenvalue weighted by Crippen LogP contribution is -2.43. The Balaban J connectivity index is 0.00000256. The van der Waals surface area contributed by atoms with E-state index in [-0.39, 0.29) is 18.0 Å². The lowest BCUT2D eigenvalue weighted by Gasteiger charge is -2.23. The van der Waals surface area contributed by atoms with E-state index in [1.54, 1.807) is 6.07 Å². The van der Waals surface area contributed by atoms with Crippen molar-refractivity contribution in [3.05, 3.63) is 35.9 Å². The summed E-state index contributed by atoms with van der Waals surface area (Å²) in [6, 6.07) is 4.78. The summed E-state index contributed by atoms with van der Waals surface area (Å²) in [5.74, 6) is -3.86. The maximum atomic E-state index is 12.7. The summed E-state index contributed by atoms with van der Waals surface area (Å²) >= 11 is 0. The van der Waals surface area contributed by atoms with Crippen molar-refractivity contribution >= 4 is 18.4 Å². The highest BCUT2D eigenvalue weighted by Gasteiger charge is 2.47. The normalized spacial score (nSPS) is 14.6. The van der Waals surface area contributed by atoms with Crippen LogP contribution in [0.3, 0.4) is 0 Å². The molecule has 0 amide bonds. The number of benzene rings is 1. The largest absolute Gasteiger partial charge is 0.480 e. The zero-order valence-corrected chi connectivity index (χ0v) is 9.33. The SMILES string of the molecule is Cl.N[C@H](C(=O)O)C(c1ccccc1)C(F)(F)F. The molecule has 0 aromatic heterocycles. The van der Waals surface area contributed by atoms with Gasteiger partial charge in [0.2, 0.25) is 0 Å². The predicted octanol–water partition coefficient (Wildman–Crippen LogP) is 2.17. The second-order valence-electron chi connectivity index (χ2n) is 3.29. The third kappa shape index (κ3) is 3.90. The highest BCUT2D eigenvalue weighted by atomic mass is 35.5. The van der Waals surface area contributed by atoms with Gasteiger partial charge in [-0.25, -0.2) is 0 Å². The molecule has 0 radical (unpaired) electrons. The van der Waals surface area contributed by atoms with Crippen molar-refractivity contribution in [1.29, 1.82) is 0 Å². The van der Waals surface area contributed by atoms with Crippen LogP contribution in [-0.2, 0) is 4.79 Å². The minimum Gasteiger partial charge on any atom is -0.480 e. The Bertz CT molecular complexity index is 370.